The molecule has 2 aliphatic rings. The van der Waals surface area contributed by atoms with E-state index in [1.54, 1.807) is 0 Å². The van der Waals surface area contributed by atoms with E-state index in [1.165, 1.54) is 6.42 Å². The first kappa shape index (κ1) is 10.9. The van der Waals surface area contributed by atoms with E-state index in [0.717, 1.165) is 52.1 Å². The molecule has 1 heterocycles. The Hall–Kier alpha value is -0.610. The summed E-state index contributed by atoms with van der Waals surface area (Å²) in [7, 11) is 0. The molecule has 4 nitrogen and oxygen atoms in total. The van der Waals surface area contributed by atoms with Gasteiger partial charge in [-0.25, -0.2) is 0 Å². The van der Waals surface area contributed by atoms with Crippen LogP contribution in [0, 0.1) is 5.92 Å². The molecule has 15 heavy (non-hydrogen) atoms. The van der Waals surface area contributed by atoms with E-state index < -0.39 is 0 Å². The minimum Gasteiger partial charge on any atom is -0.340 e. The molecule has 0 aromatic carbocycles. The van der Waals surface area contributed by atoms with Crippen LogP contribution in [0.3, 0.4) is 0 Å². The summed E-state index contributed by atoms with van der Waals surface area (Å²) in [4.78, 5) is 16.3. The Labute approximate surface area is 91.4 Å². The van der Waals surface area contributed by atoms with Crippen molar-refractivity contribution >= 4 is 5.91 Å². The minimum atomic E-state index is 0.353. The Balaban J connectivity index is 1.74. The molecular formula is C11H21N3O. The molecule has 1 aliphatic carbocycles. The highest BCUT2D eigenvalue weighted by Gasteiger charge is 2.30. The first-order chi connectivity index (χ1) is 7.31. The fraction of sp³-hybridized carbons (Fsp3) is 0.909. The summed E-state index contributed by atoms with van der Waals surface area (Å²) < 4.78 is 0. The molecule has 1 saturated carbocycles. The van der Waals surface area contributed by atoms with Crippen LogP contribution in [0.5, 0.6) is 0 Å². The zero-order valence-corrected chi connectivity index (χ0v) is 9.32. The van der Waals surface area contributed by atoms with Gasteiger partial charge in [0.2, 0.25) is 5.91 Å². The van der Waals surface area contributed by atoms with Gasteiger partial charge in [-0.1, -0.05) is 6.42 Å². The zero-order valence-electron chi connectivity index (χ0n) is 9.32. The second-order valence-electron chi connectivity index (χ2n) is 4.58. The van der Waals surface area contributed by atoms with E-state index in [-0.39, 0.29) is 0 Å². The van der Waals surface area contributed by atoms with Crippen LogP contribution in [0.1, 0.15) is 19.3 Å². The normalized spacial score (nSPS) is 23.9. The molecule has 2 N–H and O–H groups in total. The van der Waals surface area contributed by atoms with E-state index in [2.05, 4.69) is 4.90 Å². The predicted octanol–water partition coefficient (Wildman–Crippen LogP) is -0.111. The highest BCUT2D eigenvalue weighted by atomic mass is 16.2. The molecule has 0 unspecified atom stereocenters. The van der Waals surface area contributed by atoms with Gasteiger partial charge in [-0.15, -0.1) is 0 Å². The molecular weight excluding hydrogens is 190 g/mol. The van der Waals surface area contributed by atoms with Gasteiger partial charge in [0, 0.05) is 45.2 Å². The van der Waals surface area contributed by atoms with Crippen molar-refractivity contribution in [3.8, 4) is 0 Å². The number of nitrogens with zero attached hydrogens (tertiary/aromatic N) is 2. The van der Waals surface area contributed by atoms with Crippen molar-refractivity contribution in [3.05, 3.63) is 0 Å². The average molecular weight is 211 g/mol. The van der Waals surface area contributed by atoms with Crippen molar-refractivity contribution in [2.75, 3.05) is 39.3 Å². The molecule has 0 radical (unpaired) electrons. The maximum Gasteiger partial charge on any atom is 0.225 e. The van der Waals surface area contributed by atoms with Gasteiger partial charge in [0.15, 0.2) is 0 Å². The number of hydrogen-bond acceptors (Lipinski definition) is 3. The highest BCUT2D eigenvalue weighted by Crippen LogP contribution is 2.28. The van der Waals surface area contributed by atoms with Crippen molar-refractivity contribution in [1.82, 2.24) is 9.80 Å². The smallest absolute Gasteiger partial charge is 0.225 e. The molecule has 2 fully saturated rings. The molecule has 0 atom stereocenters. The summed E-state index contributed by atoms with van der Waals surface area (Å²) in [6, 6.07) is 0. The number of carbonyl (C=O) groups is 1. The fourth-order valence-electron chi connectivity index (χ4n) is 2.29. The minimum absolute atomic E-state index is 0.353. The van der Waals surface area contributed by atoms with E-state index >= 15 is 0 Å². The number of nitrogens with two attached hydrogens (primary N) is 1. The lowest BCUT2D eigenvalue weighted by Gasteiger charge is -2.38. The van der Waals surface area contributed by atoms with E-state index in [4.69, 9.17) is 5.73 Å². The lowest BCUT2D eigenvalue weighted by atomic mass is 9.84. The van der Waals surface area contributed by atoms with Crippen molar-refractivity contribution in [1.29, 1.82) is 0 Å². The average Bonchev–Trinajstić information content (AvgIpc) is 2.16. The Morgan fingerprint density at radius 2 is 1.87 bits per heavy atom. The number of piperazine rings is 1. The van der Waals surface area contributed by atoms with Crippen LogP contribution in [-0.2, 0) is 4.79 Å². The van der Waals surface area contributed by atoms with Crippen LogP contribution in [0.2, 0.25) is 0 Å². The number of carbonyl (C=O) groups excluding carboxylic acids is 1. The quantitative estimate of drug-likeness (QED) is 0.708. The van der Waals surface area contributed by atoms with Crippen LogP contribution in [0.25, 0.3) is 0 Å². The largest absolute Gasteiger partial charge is 0.340 e. The first-order valence-electron chi connectivity index (χ1n) is 6.02. The molecule has 1 aliphatic heterocycles. The summed E-state index contributed by atoms with van der Waals surface area (Å²) >= 11 is 0. The van der Waals surface area contributed by atoms with Crippen LogP contribution >= 0.6 is 0 Å². The zero-order chi connectivity index (χ0) is 10.7. The molecule has 0 aromatic rings. The SMILES string of the molecule is NCCN1CCN(C(=O)C2CCC2)CC1. The lowest BCUT2D eigenvalue weighted by Crippen LogP contribution is -2.51. The second-order valence-corrected chi connectivity index (χ2v) is 4.58. The third-order valence-electron chi connectivity index (χ3n) is 3.58. The maximum absolute atomic E-state index is 11.9. The monoisotopic (exact) mass is 211 g/mol. The summed E-state index contributed by atoms with van der Waals surface area (Å²) in [5.41, 5.74) is 5.51. The lowest BCUT2D eigenvalue weighted by molar-refractivity contribution is -0.139. The van der Waals surface area contributed by atoms with Gasteiger partial charge in [0.05, 0.1) is 0 Å². The Morgan fingerprint density at radius 3 is 2.33 bits per heavy atom. The Bertz CT molecular complexity index is 220. The van der Waals surface area contributed by atoms with Gasteiger partial charge in [0.25, 0.3) is 0 Å². The third kappa shape index (κ3) is 2.49. The van der Waals surface area contributed by atoms with E-state index in [0.29, 0.717) is 11.8 Å². The molecule has 86 valence electrons. The van der Waals surface area contributed by atoms with Crippen LogP contribution < -0.4 is 5.73 Å². The van der Waals surface area contributed by atoms with Crippen LogP contribution in [0.4, 0.5) is 0 Å². The molecule has 1 amide bonds. The summed E-state index contributed by atoms with van der Waals surface area (Å²) in [6.07, 6.45) is 3.47. The molecule has 1 saturated heterocycles. The van der Waals surface area contributed by atoms with Gasteiger partial charge in [-0.05, 0) is 12.8 Å². The third-order valence-corrected chi connectivity index (χ3v) is 3.58. The molecule has 0 aromatic heterocycles. The van der Waals surface area contributed by atoms with E-state index in [9.17, 15) is 4.79 Å². The van der Waals surface area contributed by atoms with Gasteiger partial charge in [0.1, 0.15) is 0 Å². The molecule has 0 spiro atoms. The van der Waals surface area contributed by atoms with Gasteiger partial charge in [-0.2, -0.15) is 0 Å². The Kier molecular flexibility index (Phi) is 3.59. The van der Waals surface area contributed by atoms with Crippen molar-refractivity contribution in [2.24, 2.45) is 11.7 Å². The standard InChI is InChI=1S/C11H21N3O/c12-4-5-13-6-8-14(9-7-13)11(15)10-2-1-3-10/h10H,1-9,12H2. The summed E-state index contributed by atoms with van der Waals surface area (Å²) in [5.74, 6) is 0.750. The number of rotatable bonds is 3. The van der Waals surface area contributed by atoms with Gasteiger partial charge in [-0.3, -0.25) is 9.69 Å². The molecule has 4 heteroatoms. The van der Waals surface area contributed by atoms with Crippen LogP contribution in [-0.4, -0.2) is 55.0 Å². The number of hydrogen-bond donors (Lipinski definition) is 1. The summed E-state index contributed by atoms with van der Waals surface area (Å²) in [5, 5.41) is 0. The molecule has 0 bridgehead atoms. The fourth-order valence-corrected chi connectivity index (χ4v) is 2.29. The number of amides is 1. The highest BCUT2D eigenvalue weighted by molar-refractivity contribution is 5.79. The van der Waals surface area contributed by atoms with Crippen molar-refractivity contribution in [3.63, 3.8) is 0 Å². The first-order valence-corrected chi connectivity index (χ1v) is 6.02. The Morgan fingerprint density at radius 1 is 1.20 bits per heavy atom. The summed E-state index contributed by atoms with van der Waals surface area (Å²) in [6.45, 7) is 5.47. The van der Waals surface area contributed by atoms with Crippen molar-refractivity contribution in [2.45, 2.75) is 19.3 Å². The maximum atomic E-state index is 11.9. The predicted molar refractivity (Wildman–Crippen MR) is 59.4 cm³/mol. The van der Waals surface area contributed by atoms with Crippen LogP contribution in [0.15, 0.2) is 0 Å². The topological polar surface area (TPSA) is 49.6 Å². The van der Waals surface area contributed by atoms with E-state index in [1.807, 2.05) is 4.90 Å². The molecule has 2 rings (SSSR count). The van der Waals surface area contributed by atoms with Crippen molar-refractivity contribution < 1.29 is 4.79 Å². The van der Waals surface area contributed by atoms with Gasteiger partial charge >= 0.3 is 0 Å². The second kappa shape index (κ2) is 4.94. The van der Waals surface area contributed by atoms with Gasteiger partial charge < -0.3 is 10.6 Å².